The van der Waals surface area contributed by atoms with Crippen molar-refractivity contribution in [2.24, 2.45) is 0 Å². The zero-order chi connectivity index (χ0) is 11.4. The van der Waals surface area contributed by atoms with Crippen LogP contribution in [0.5, 0.6) is 0 Å². The Morgan fingerprint density at radius 2 is 1.81 bits per heavy atom. The fourth-order valence-electron chi connectivity index (χ4n) is 1.73. The lowest BCUT2D eigenvalue weighted by atomic mass is 10.1. The molecule has 0 bridgehead atoms. The maximum Gasteiger partial charge on any atom is 0.0638 e. The summed E-state index contributed by atoms with van der Waals surface area (Å²) in [6.07, 6.45) is 3.71. The molecule has 0 atom stereocenters. The third kappa shape index (κ3) is 2.40. The van der Waals surface area contributed by atoms with Gasteiger partial charge in [-0.15, -0.1) is 0 Å². The van der Waals surface area contributed by atoms with Gasteiger partial charge in [0.15, 0.2) is 0 Å². The van der Waals surface area contributed by atoms with E-state index < -0.39 is 0 Å². The summed E-state index contributed by atoms with van der Waals surface area (Å²) in [6, 6.07) is 12.4. The first-order valence-electron chi connectivity index (χ1n) is 5.51. The third-order valence-electron chi connectivity index (χ3n) is 2.78. The van der Waals surface area contributed by atoms with E-state index in [1.807, 2.05) is 25.3 Å². The lowest BCUT2D eigenvalue weighted by molar-refractivity contribution is 0.915. The zero-order valence-electron chi connectivity index (χ0n) is 9.48. The number of nitrogen functional groups attached to an aromatic ring is 1. The first-order valence-corrected chi connectivity index (χ1v) is 5.51. The molecule has 2 heteroatoms. The van der Waals surface area contributed by atoms with Crippen LogP contribution in [0.1, 0.15) is 16.8 Å². The largest absolute Gasteiger partial charge is 0.397 e. The highest BCUT2D eigenvalue weighted by molar-refractivity contribution is 5.49. The Labute approximate surface area is 96.1 Å². The second-order valence-corrected chi connectivity index (χ2v) is 3.97. The summed E-state index contributed by atoms with van der Waals surface area (Å²) in [5.74, 6) is 0. The molecule has 0 unspecified atom stereocenters. The van der Waals surface area contributed by atoms with Gasteiger partial charge in [-0.1, -0.05) is 30.3 Å². The Hall–Kier alpha value is -1.83. The van der Waals surface area contributed by atoms with Crippen molar-refractivity contribution < 1.29 is 0 Å². The van der Waals surface area contributed by atoms with Crippen LogP contribution in [-0.2, 0) is 12.8 Å². The van der Waals surface area contributed by atoms with Gasteiger partial charge in [0.25, 0.3) is 0 Å². The van der Waals surface area contributed by atoms with Crippen LogP contribution in [0.3, 0.4) is 0 Å². The molecule has 2 nitrogen and oxygen atoms in total. The first kappa shape index (κ1) is 10.7. The average molecular weight is 212 g/mol. The number of aryl methyl sites for hydroxylation is 3. The molecule has 2 N–H and O–H groups in total. The van der Waals surface area contributed by atoms with Crippen LogP contribution in [0.2, 0.25) is 0 Å². The Morgan fingerprint density at radius 1 is 1.06 bits per heavy atom. The number of benzene rings is 1. The molecule has 0 amide bonds. The topological polar surface area (TPSA) is 38.9 Å². The van der Waals surface area contributed by atoms with E-state index in [0.29, 0.717) is 0 Å². The van der Waals surface area contributed by atoms with Gasteiger partial charge in [-0.2, -0.15) is 0 Å². The van der Waals surface area contributed by atoms with Crippen molar-refractivity contribution in [2.45, 2.75) is 19.8 Å². The summed E-state index contributed by atoms with van der Waals surface area (Å²) in [7, 11) is 0. The minimum atomic E-state index is 0.832. The van der Waals surface area contributed by atoms with Crippen molar-refractivity contribution in [3.8, 4) is 0 Å². The number of anilines is 1. The van der Waals surface area contributed by atoms with Crippen LogP contribution in [0, 0.1) is 6.92 Å². The van der Waals surface area contributed by atoms with Crippen LogP contribution >= 0.6 is 0 Å². The van der Waals surface area contributed by atoms with Crippen LogP contribution in [0.25, 0.3) is 0 Å². The monoisotopic (exact) mass is 212 g/mol. The van der Waals surface area contributed by atoms with Crippen LogP contribution < -0.4 is 5.73 Å². The van der Waals surface area contributed by atoms with Gasteiger partial charge in [0, 0.05) is 6.20 Å². The lowest BCUT2D eigenvalue weighted by Crippen LogP contribution is -2.02. The molecule has 0 aliphatic carbocycles. The predicted octanol–water partition coefficient (Wildman–Crippen LogP) is 2.76. The Balaban J connectivity index is 2.08. The summed E-state index contributed by atoms with van der Waals surface area (Å²) in [4.78, 5) is 4.33. The lowest BCUT2D eigenvalue weighted by Gasteiger charge is -2.06. The van der Waals surface area contributed by atoms with Crippen molar-refractivity contribution in [3.05, 3.63) is 59.4 Å². The smallest absolute Gasteiger partial charge is 0.0638 e. The molecule has 0 aliphatic heterocycles. The molecule has 2 aromatic rings. The number of hydrogen-bond acceptors (Lipinski definition) is 2. The second kappa shape index (κ2) is 4.79. The molecule has 2 rings (SSSR count). The van der Waals surface area contributed by atoms with Crippen LogP contribution in [0.15, 0.2) is 42.6 Å². The van der Waals surface area contributed by atoms with E-state index in [9.17, 15) is 0 Å². The normalized spacial score (nSPS) is 10.3. The van der Waals surface area contributed by atoms with Gasteiger partial charge in [0.05, 0.1) is 11.4 Å². The number of aromatic nitrogens is 1. The second-order valence-electron chi connectivity index (χ2n) is 3.97. The van der Waals surface area contributed by atoms with Gasteiger partial charge in [-0.3, -0.25) is 4.98 Å². The Kier molecular flexibility index (Phi) is 3.20. The number of pyridine rings is 1. The van der Waals surface area contributed by atoms with Crippen LogP contribution in [0.4, 0.5) is 5.69 Å². The molecule has 0 saturated carbocycles. The molecule has 0 radical (unpaired) electrons. The van der Waals surface area contributed by atoms with Gasteiger partial charge in [0.2, 0.25) is 0 Å². The maximum atomic E-state index is 5.98. The first-order chi connectivity index (χ1) is 7.77. The fourth-order valence-corrected chi connectivity index (χ4v) is 1.73. The predicted molar refractivity (Wildman–Crippen MR) is 67.2 cm³/mol. The number of rotatable bonds is 3. The fraction of sp³-hybridized carbons (Fsp3) is 0.214. The maximum absolute atomic E-state index is 5.98. The van der Waals surface area contributed by atoms with Crippen molar-refractivity contribution in [3.63, 3.8) is 0 Å². The highest BCUT2D eigenvalue weighted by Gasteiger charge is 2.03. The SMILES string of the molecule is Cc1ccnc(CCc2ccccc2)c1N. The van der Waals surface area contributed by atoms with Gasteiger partial charge < -0.3 is 5.73 Å². The van der Waals surface area contributed by atoms with Crippen molar-refractivity contribution >= 4 is 5.69 Å². The highest BCUT2D eigenvalue weighted by Crippen LogP contribution is 2.15. The van der Waals surface area contributed by atoms with Gasteiger partial charge in [-0.25, -0.2) is 0 Å². The Bertz CT molecular complexity index is 463. The van der Waals surface area contributed by atoms with E-state index in [-0.39, 0.29) is 0 Å². The van der Waals surface area contributed by atoms with Crippen molar-refractivity contribution in [1.82, 2.24) is 4.98 Å². The molecule has 0 spiro atoms. The quantitative estimate of drug-likeness (QED) is 0.849. The molecule has 0 saturated heterocycles. The molecule has 1 aromatic carbocycles. The van der Waals surface area contributed by atoms with Gasteiger partial charge >= 0.3 is 0 Å². The highest BCUT2D eigenvalue weighted by atomic mass is 14.7. The van der Waals surface area contributed by atoms with E-state index in [1.165, 1.54) is 5.56 Å². The van der Waals surface area contributed by atoms with Gasteiger partial charge in [-0.05, 0) is 37.0 Å². The number of nitrogens with zero attached hydrogens (tertiary/aromatic N) is 1. The molecule has 0 fully saturated rings. The van der Waals surface area contributed by atoms with Crippen molar-refractivity contribution in [2.75, 3.05) is 5.73 Å². The minimum Gasteiger partial charge on any atom is -0.397 e. The molecule has 82 valence electrons. The number of hydrogen-bond donors (Lipinski definition) is 1. The third-order valence-corrected chi connectivity index (χ3v) is 2.78. The van der Waals surface area contributed by atoms with E-state index in [1.54, 1.807) is 0 Å². The molecular weight excluding hydrogens is 196 g/mol. The summed E-state index contributed by atoms with van der Waals surface area (Å²) >= 11 is 0. The van der Waals surface area contributed by atoms with E-state index in [0.717, 1.165) is 29.8 Å². The Morgan fingerprint density at radius 3 is 2.56 bits per heavy atom. The standard InChI is InChI=1S/C14H16N2/c1-11-9-10-16-13(14(11)15)8-7-12-5-3-2-4-6-12/h2-6,9-10H,7-8,15H2,1H3. The number of nitrogens with two attached hydrogens (primary N) is 1. The molecule has 16 heavy (non-hydrogen) atoms. The summed E-state index contributed by atoms with van der Waals surface area (Å²) < 4.78 is 0. The van der Waals surface area contributed by atoms with E-state index >= 15 is 0 Å². The summed E-state index contributed by atoms with van der Waals surface area (Å²) in [6.45, 7) is 2.02. The molecule has 0 aliphatic rings. The molecule has 1 heterocycles. The zero-order valence-corrected chi connectivity index (χ0v) is 9.48. The van der Waals surface area contributed by atoms with Crippen LogP contribution in [-0.4, -0.2) is 4.98 Å². The van der Waals surface area contributed by atoms with E-state index in [2.05, 4.69) is 29.2 Å². The summed E-state index contributed by atoms with van der Waals surface area (Å²) in [5, 5.41) is 0. The molecular formula is C14H16N2. The van der Waals surface area contributed by atoms with Gasteiger partial charge in [0.1, 0.15) is 0 Å². The van der Waals surface area contributed by atoms with E-state index in [4.69, 9.17) is 5.73 Å². The average Bonchev–Trinajstić information content (AvgIpc) is 2.32. The van der Waals surface area contributed by atoms with Crippen molar-refractivity contribution in [1.29, 1.82) is 0 Å². The minimum absolute atomic E-state index is 0.832. The summed E-state index contributed by atoms with van der Waals surface area (Å²) in [5.41, 5.74) is 10.3. The molecule has 1 aromatic heterocycles.